The minimum atomic E-state index is 0.116. The van der Waals surface area contributed by atoms with E-state index < -0.39 is 0 Å². The van der Waals surface area contributed by atoms with Gasteiger partial charge in [-0.25, -0.2) is 0 Å². The number of carbonyl (C=O) groups excluding carboxylic acids is 1. The van der Waals surface area contributed by atoms with Gasteiger partial charge in [0.05, 0.1) is 6.54 Å². The molecule has 0 aromatic rings. The van der Waals surface area contributed by atoms with E-state index in [-0.39, 0.29) is 11.5 Å². The average molecular weight is 293 g/mol. The molecule has 0 bridgehead atoms. The largest absolute Gasteiger partial charge is 0.336 e. The van der Waals surface area contributed by atoms with E-state index in [0.717, 1.165) is 25.4 Å². The van der Waals surface area contributed by atoms with E-state index >= 15 is 0 Å². The van der Waals surface area contributed by atoms with Crippen molar-refractivity contribution < 1.29 is 4.79 Å². The van der Waals surface area contributed by atoms with Gasteiger partial charge in [0.15, 0.2) is 0 Å². The van der Waals surface area contributed by atoms with Crippen LogP contribution in [0.1, 0.15) is 52.9 Å². The summed E-state index contributed by atoms with van der Waals surface area (Å²) in [5.41, 5.74) is 6.31. The van der Waals surface area contributed by atoms with Gasteiger partial charge in [-0.2, -0.15) is 0 Å². The van der Waals surface area contributed by atoms with Gasteiger partial charge < -0.3 is 10.6 Å². The standard InChI is InChI=1S/C17H31N3O/c1-12(13-4-5-13)20(14-6-7-14)16(21)10-19-9-8-15(18)17(2,3)11-19/h12-15H,4-11,18H2,1-3H3. The van der Waals surface area contributed by atoms with Gasteiger partial charge in [0.2, 0.25) is 5.91 Å². The van der Waals surface area contributed by atoms with Crippen LogP contribution in [0.5, 0.6) is 0 Å². The molecule has 0 aromatic heterocycles. The molecule has 1 heterocycles. The molecule has 120 valence electrons. The molecule has 21 heavy (non-hydrogen) atoms. The highest BCUT2D eigenvalue weighted by Gasteiger charge is 2.42. The first-order valence-electron chi connectivity index (χ1n) is 8.67. The number of nitrogens with two attached hydrogens (primary N) is 1. The summed E-state index contributed by atoms with van der Waals surface area (Å²) in [7, 11) is 0. The molecule has 2 atom stereocenters. The summed E-state index contributed by atoms with van der Waals surface area (Å²) in [6.45, 7) is 9.19. The number of hydrogen-bond acceptors (Lipinski definition) is 3. The van der Waals surface area contributed by atoms with Gasteiger partial charge in [0.25, 0.3) is 0 Å². The van der Waals surface area contributed by atoms with Crippen LogP contribution in [-0.4, -0.2) is 53.5 Å². The van der Waals surface area contributed by atoms with Crippen molar-refractivity contribution >= 4 is 5.91 Å². The topological polar surface area (TPSA) is 49.6 Å². The van der Waals surface area contributed by atoms with Crippen molar-refractivity contribution in [3.63, 3.8) is 0 Å². The van der Waals surface area contributed by atoms with Gasteiger partial charge in [0.1, 0.15) is 0 Å². The summed E-state index contributed by atoms with van der Waals surface area (Å²) < 4.78 is 0. The Bertz CT molecular complexity index is 401. The molecule has 1 aliphatic heterocycles. The summed E-state index contributed by atoms with van der Waals surface area (Å²) >= 11 is 0. The van der Waals surface area contributed by atoms with Crippen LogP contribution in [0.4, 0.5) is 0 Å². The van der Waals surface area contributed by atoms with Gasteiger partial charge in [-0.1, -0.05) is 13.8 Å². The molecule has 2 aliphatic carbocycles. The lowest BCUT2D eigenvalue weighted by Gasteiger charge is -2.43. The van der Waals surface area contributed by atoms with Crippen LogP contribution in [-0.2, 0) is 4.79 Å². The maximum absolute atomic E-state index is 12.8. The predicted molar refractivity (Wildman–Crippen MR) is 84.9 cm³/mol. The quantitative estimate of drug-likeness (QED) is 0.841. The number of carbonyl (C=O) groups is 1. The molecule has 2 N–H and O–H groups in total. The van der Waals surface area contributed by atoms with Crippen LogP contribution in [0.3, 0.4) is 0 Å². The Hall–Kier alpha value is -0.610. The third kappa shape index (κ3) is 3.42. The van der Waals surface area contributed by atoms with Crippen LogP contribution >= 0.6 is 0 Å². The number of piperidine rings is 1. The number of rotatable bonds is 5. The normalized spacial score (nSPS) is 31.0. The van der Waals surface area contributed by atoms with Crippen LogP contribution in [0.15, 0.2) is 0 Å². The van der Waals surface area contributed by atoms with E-state index in [4.69, 9.17) is 5.73 Å². The Morgan fingerprint density at radius 1 is 1.29 bits per heavy atom. The van der Waals surface area contributed by atoms with Crippen LogP contribution < -0.4 is 5.73 Å². The second-order valence-electron chi connectivity index (χ2n) is 8.20. The first-order chi connectivity index (χ1) is 9.88. The first-order valence-corrected chi connectivity index (χ1v) is 8.67. The molecule has 4 heteroatoms. The van der Waals surface area contributed by atoms with Gasteiger partial charge >= 0.3 is 0 Å². The van der Waals surface area contributed by atoms with Gasteiger partial charge in [-0.05, 0) is 50.4 Å². The zero-order chi connectivity index (χ0) is 15.2. The van der Waals surface area contributed by atoms with E-state index in [1.807, 2.05) is 0 Å². The summed E-state index contributed by atoms with van der Waals surface area (Å²) in [6.07, 6.45) is 6.03. The molecular formula is C17H31N3O. The van der Waals surface area contributed by atoms with Gasteiger partial charge in [-0.3, -0.25) is 9.69 Å². The SMILES string of the molecule is CC(C1CC1)N(C(=O)CN1CCC(N)C(C)(C)C1)C1CC1. The highest BCUT2D eigenvalue weighted by atomic mass is 16.2. The van der Waals surface area contributed by atoms with Crippen molar-refractivity contribution in [1.82, 2.24) is 9.80 Å². The number of hydrogen-bond donors (Lipinski definition) is 1. The zero-order valence-corrected chi connectivity index (χ0v) is 13.8. The van der Waals surface area contributed by atoms with E-state index in [1.54, 1.807) is 0 Å². The Morgan fingerprint density at radius 2 is 1.95 bits per heavy atom. The molecule has 0 spiro atoms. The predicted octanol–water partition coefficient (Wildman–Crippen LogP) is 1.84. The Morgan fingerprint density at radius 3 is 2.48 bits per heavy atom. The van der Waals surface area contributed by atoms with E-state index in [9.17, 15) is 4.79 Å². The molecule has 1 amide bonds. The summed E-state index contributed by atoms with van der Waals surface area (Å²) in [5, 5.41) is 0. The van der Waals surface area contributed by atoms with Crippen molar-refractivity contribution in [2.45, 2.75) is 71.0 Å². The molecule has 0 radical (unpaired) electrons. The zero-order valence-electron chi connectivity index (χ0n) is 13.8. The molecule has 3 fully saturated rings. The van der Waals surface area contributed by atoms with E-state index in [0.29, 0.717) is 24.5 Å². The Balaban J connectivity index is 1.59. The minimum absolute atomic E-state index is 0.116. The molecule has 1 saturated heterocycles. The summed E-state index contributed by atoms with van der Waals surface area (Å²) in [4.78, 5) is 17.4. The summed E-state index contributed by atoms with van der Waals surface area (Å²) in [5.74, 6) is 1.11. The molecule has 3 aliphatic rings. The van der Waals surface area contributed by atoms with Crippen molar-refractivity contribution in [1.29, 1.82) is 0 Å². The van der Waals surface area contributed by atoms with Crippen molar-refractivity contribution in [2.24, 2.45) is 17.1 Å². The highest BCUT2D eigenvalue weighted by molar-refractivity contribution is 5.79. The maximum atomic E-state index is 12.8. The van der Waals surface area contributed by atoms with Crippen LogP contribution in [0.25, 0.3) is 0 Å². The van der Waals surface area contributed by atoms with Gasteiger partial charge in [-0.15, -0.1) is 0 Å². The average Bonchev–Trinajstić information content (AvgIpc) is 3.26. The smallest absolute Gasteiger partial charge is 0.237 e. The third-order valence-corrected chi connectivity index (χ3v) is 5.72. The maximum Gasteiger partial charge on any atom is 0.237 e. The monoisotopic (exact) mass is 293 g/mol. The second-order valence-corrected chi connectivity index (χ2v) is 8.20. The van der Waals surface area contributed by atoms with Gasteiger partial charge in [0, 0.05) is 31.2 Å². The fourth-order valence-corrected chi connectivity index (χ4v) is 3.81. The minimum Gasteiger partial charge on any atom is -0.336 e. The fourth-order valence-electron chi connectivity index (χ4n) is 3.81. The molecule has 0 aromatic carbocycles. The lowest BCUT2D eigenvalue weighted by Crippen LogP contribution is -2.55. The van der Waals surface area contributed by atoms with Crippen molar-refractivity contribution in [3.05, 3.63) is 0 Å². The van der Waals surface area contributed by atoms with Crippen molar-refractivity contribution in [2.75, 3.05) is 19.6 Å². The lowest BCUT2D eigenvalue weighted by atomic mass is 9.80. The molecule has 3 rings (SSSR count). The third-order valence-electron chi connectivity index (χ3n) is 5.72. The number of amides is 1. The fraction of sp³-hybridized carbons (Fsp3) is 0.941. The van der Waals surface area contributed by atoms with E-state index in [2.05, 4.69) is 30.6 Å². The van der Waals surface area contributed by atoms with E-state index in [1.165, 1.54) is 25.7 Å². The molecule has 4 nitrogen and oxygen atoms in total. The summed E-state index contributed by atoms with van der Waals surface area (Å²) in [6, 6.07) is 1.24. The Kier molecular flexibility index (Phi) is 4.04. The molecular weight excluding hydrogens is 262 g/mol. The molecule has 2 unspecified atom stereocenters. The number of nitrogens with zero attached hydrogens (tertiary/aromatic N) is 2. The molecule has 2 saturated carbocycles. The number of likely N-dealkylation sites (tertiary alicyclic amines) is 1. The second kappa shape index (κ2) is 5.54. The first kappa shape index (κ1) is 15.3. The van der Waals surface area contributed by atoms with Crippen molar-refractivity contribution in [3.8, 4) is 0 Å². The van der Waals surface area contributed by atoms with Crippen LogP contribution in [0, 0.1) is 11.3 Å². The van der Waals surface area contributed by atoms with Crippen LogP contribution in [0.2, 0.25) is 0 Å². The highest BCUT2D eigenvalue weighted by Crippen LogP contribution is 2.40. The Labute approximate surface area is 129 Å². The lowest BCUT2D eigenvalue weighted by molar-refractivity contribution is -0.136.